The van der Waals surface area contributed by atoms with Crippen LogP contribution in [0, 0.1) is 0 Å². The van der Waals surface area contributed by atoms with Crippen molar-refractivity contribution in [3.05, 3.63) is 82.1 Å². The summed E-state index contributed by atoms with van der Waals surface area (Å²) in [5, 5.41) is 3.22. The molecule has 1 N–H and O–H groups in total. The van der Waals surface area contributed by atoms with Crippen molar-refractivity contribution in [3.63, 3.8) is 0 Å². The number of hydrogen-bond acceptors (Lipinski definition) is 4. The highest BCUT2D eigenvalue weighted by atomic mass is 79.9. The van der Waals surface area contributed by atoms with E-state index in [0.717, 1.165) is 62.1 Å². The third-order valence-electron chi connectivity index (χ3n) is 6.76. The van der Waals surface area contributed by atoms with Gasteiger partial charge in [-0.3, -0.25) is 19.6 Å². The van der Waals surface area contributed by atoms with E-state index in [2.05, 4.69) is 98.4 Å². The first-order chi connectivity index (χ1) is 17.1. The van der Waals surface area contributed by atoms with Crippen molar-refractivity contribution in [2.45, 2.75) is 39.7 Å². The van der Waals surface area contributed by atoms with E-state index in [1.807, 2.05) is 12.4 Å². The Balaban J connectivity index is 1.36. The molecule has 0 atom stereocenters. The van der Waals surface area contributed by atoms with E-state index < -0.39 is 0 Å². The summed E-state index contributed by atoms with van der Waals surface area (Å²) >= 11 is 3.53. The average molecular weight is 536 g/mol. The van der Waals surface area contributed by atoms with Crippen LogP contribution in [-0.4, -0.2) is 53.4 Å². The van der Waals surface area contributed by atoms with Gasteiger partial charge in [0.1, 0.15) is 0 Å². The van der Waals surface area contributed by atoms with Crippen LogP contribution in [0.5, 0.6) is 0 Å². The second kappa shape index (κ2) is 12.4. The maximum absolute atomic E-state index is 12.9. The molecule has 0 saturated carbocycles. The first kappa shape index (κ1) is 25.5. The van der Waals surface area contributed by atoms with E-state index in [-0.39, 0.29) is 5.91 Å². The van der Waals surface area contributed by atoms with E-state index in [4.69, 9.17) is 0 Å². The third-order valence-corrected chi connectivity index (χ3v) is 7.29. The Bertz CT molecular complexity index is 1110. The number of halogens is 1. The van der Waals surface area contributed by atoms with Crippen molar-refractivity contribution in [2.24, 2.45) is 0 Å². The fraction of sp³-hybridized carbons (Fsp3) is 0.379. The molecular weight excluding hydrogens is 500 g/mol. The summed E-state index contributed by atoms with van der Waals surface area (Å²) in [5.41, 5.74) is 7.10. The Morgan fingerprint density at radius 2 is 1.60 bits per heavy atom. The fourth-order valence-electron chi connectivity index (χ4n) is 4.83. The van der Waals surface area contributed by atoms with Gasteiger partial charge in [0, 0.05) is 42.2 Å². The Hall–Kier alpha value is -2.54. The van der Waals surface area contributed by atoms with Gasteiger partial charge in [0.2, 0.25) is 5.91 Å². The van der Waals surface area contributed by atoms with Gasteiger partial charge < -0.3 is 5.32 Å². The molecule has 0 radical (unpaired) electrons. The molecule has 1 saturated heterocycles. The zero-order chi connectivity index (χ0) is 24.6. The van der Waals surface area contributed by atoms with Crippen LogP contribution in [0.25, 0.3) is 11.1 Å². The Morgan fingerprint density at radius 3 is 2.31 bits per heavy atom. The number of aryl methyl sites for hydroxylation is 2. The Kier molecular flexibility index (Phi) is 9.07. The number of benzene rings is 2. The highest BCUT2D eigenvalue weighted by Crippen LogP contribution is 2.26. The molecular formula is C29H35BrN4O. The highest BCUT2D eigenvalue weighted by Gasteiger charge is 2.19. The predicted molar refractivity (Wildman–Crippen MR) is 148 cm³/mol. The fourth-order valence-corrected chi connectivity index (χ4v) is 5.10. The van der Waals surface area contributed by atoms with Gasteiger partial charge in [-0.05, 0) is 78.4 Å². The molecule has 4 rings (SSSR count). The van der Waals surface area contributed by atoms with Gasteiger partial charge in [0.15, 0.2) is 0 Å². The summed E-state index contributed by atoms with van der Waals surface area (Å²) in [6.45, 7) is 9.36. The number of amides is 1. The lowest BCUT2D eigenvalue weighted by Gasteiger charge is -2.23. The van der Waals surface area contributed by atoms with Crippen LogP contribution in [0.2, 0.25) is 0 Å². The van der Waals surface area contributed by atoms with Crippen LogP contribution in [0.15, 0.2) is 65.4 Å². The lowest BCUT2D eigenvalue weighted by molar-refractivity contribution is -0.117. The van der Waals surface area contributed by atoms with E-state index in [1.165, 1.54) is 27.8 Å². The number of nitrogens with one attached hydrogen (secondary N) is 1. The van der Waals surface area contributed by atoms with Gasteiger partial charge in [-0.2, -0.15) is 0 Å². The zero-order valence-electron chi connectivity index (χ0n) is 20.8. The molecule has 0 bridgehead atoms. The molecule has 184 valence electrons. The second-order valence-corrected chi connectivity index (χ2v) is 10.1. The minimum Gasteiger partial charge on any atom is -0.324 e. The molecule has 5 nitrogen and oxygen atoms in total. The molecule has 0 unspecified atom stereocenters. The topological polar surface area (TPSA) is 48.5 Å². The summed E-state index contributed by atoms with van der Waals surface area (Å²) in [4.78, 5) is 22.1. The molecule has 2 heterocycles. The number of pyridine rings is 1. The number of hydrogen-bond donors (Lipinski definition) is 1. The van der Waals surface area contributed by atoms with Crippen LogP contribution in [-0.2, 0) is 24.2 Å². The number of nitrogens with zero attached hydrogens (tertiary/aromatic N) is 3. The summed E-state index contributed by atoms with van der Waals surface area (Å²) in [7, 11) is 0. The monoisotopic (exact) mass is 534 g/mol. The van der Waals surface area contributed by atoms with Crippen molar-refractivity contribution in [2.75, 3.05) is 38.0 Å². The van der Waals surface area contributed by atoms with Crippen LogP contribution < -0.4 is 5.32 Å². The van der Waals surface area contributed by atoms with Gasteiger partial charge in [-0.15, -0.1) is 0 Å². The lowest BCUT2D eigenvalue weighted by atomic mass is 10.0. The second-order valence-electron chi connectivity index (χ2n) is 9.15. The van der Waals surface area contributed by atoms with Crippen LogP contribution in [0.4, 0.5) is 5.69 Å². The number of para-hydroxylation sites is 1. The van der Waals surface area contributed by atoms with Crippen LogP contribution in [0.1, 0.15) is 37.0 Å². The molecule has 2 aromatic carbocycles. The summed E-state index contributed by atoms with van der Waals surface area (Å²) in [6.07, 6.45) is 6.73. The van der Waals surface area contributed by atoms with Gasteiger partial charge in [0.25, 0.3) is 0 Å². The molecule has 0 aliphatic carbocycles. The molecule has 1 aromatic heterocycles. The molecule has 35 heavy (non-hydrogen) atoms. The molecule has 1 aliphatic rings. The number of carbonyl (C=O) groups excluding carboxylic acids is 1. The number of aromatic nitrogens is 1. The van der Waals surface area contributed by atoms with E-state index in [9.17, 15) is 4.79 Å². The number of carbonyl (C=O) groups is 1. The quantitative estimate of drug-likeness (QED) is 0.397. The SMILES string of the molecule is CCc1cccc(CC)c1NC(=O)CN1CCCN(Cc2cnccc2-c2ccc(Br)cc2)CC1. The summed E-state index contributed by atoms with van der Waals surface area (Å²) in [5.74, 6) is 0.0823. The molecule has 1 aliphatic heterocycles. The van der Waals surface area contributed by atoms with Crippen molar-refractivity contribution in [1.82, 2.24) is 14.8 Å². The van der Waals surface area contributed by atoms with Crippen molar-refractivity contribution >= 4 is 27.5 Å². The Morgan fingerprint density at radius 1 is 0.914 bits per heavy atom. The maximum atomic E-state index is 12.9. The standard InChI is InChI=1S/C29H35BrN4O/c1-3-22-7-5-8-23(4-2)29(22)32-28(35)21-34-16-6-15-33(17-18-34)20-25-19-31-14-13-27(25)24-9-11-26(30)12-10-24/h5,7-14,19H,3-4,6,15-18,20-21H2,1-2H3,(H,32,35). The molecule has 1 fully saturated rings. The molecule has 0 spiro atoms. The molecule has 3 aromatic rings. The van der Waals surface area contributed by atoms with Gasteiger partial charge in [-0.1, -0.05) is 60.1 Å². The van der Waals surface area contributed by atoms with Gasteiger partial charge in [0.05, 0.1) is 6.54 Å². The van der Waals surface area contributed by atoms with Crippen LogP contribution >= 0.6 is 15.9 Å². The lowest BCUT2D eigenvalue weighted by Crippen LogP contribution is -2.36. The first-order valence-corrected chi connectivity index (χ1v) is 13.4. The van der Waals surface area contributed by atoms with Crippen LogP contribution in [0.3, 0.4) is 0 Å². The third kappa shape index (κ3) is 6.78. The number of rotatable bonds is 8. The average Bonchev–Trinajstić information content (AvgIpc) is 3.10. The summed E-state index contributed by atoms with van der Waals surface area (Å²) < 4.78 is 1.08. The normalized spacial score (nSPS) is 15.1. The zero-order valence-corrected chi connectivity index (χ0v) is 22.4. The van der Waals surface area contributed by atoms with Crippen molar-refractivity contribution in [3.8, 4) is 11.1 Å². The minimum absolute atomic E-state index is 0.0823. The molecule has 6 heteroatoms. The van der Waals surface area contributed by atoms with Crippen molar-refractivity contribution < 1.29 is 4.79 Å². The summed E-state index contributed by atoms with van der Waals surface area (Å²) in [6, 6.07) is 16.9. The number of anilines is 1. The van der Waals surface area contributed by atoms with Crippen molar-refractivity contribution in [1.29, 1.82) is 0 Å². The van der Waals surface area contributed by atoms with E-state index >= 15 is 0 Å². The van der Waals surface area contributed by atoms with E-state index in [0.29, 0.717) is 6.54 Å². The van der Waals surface area contributed by atoms with E-state index in [1.54, 1.807) is 0 Å². The highest BCUT2D eigenvalue weighted by molar-refractivity contribution is 9.10. The minimum atomic E-state index is 0.0823. The largest absolute Gasteiger partial charge is 0.324 e. The smallest absolute Gasteiger partial charge is 0.238 e. The molecule has 1 amide bonds. The van der Waals surface area contributed by atoms with Gasteiger partial charge >= 0.3 is 0 Å². The maximum Gasteiger partial charge on any atom is 0.238 e. The first-order valence-electron chi connectivity index (χ1n) is 12.6. The Labute approximate surface area is 217 Å². The predicted octanol–water partition coefficient (Wildman–Crippen LogP) is 5.78. The van der Waals surface area contributed by atoms with Gasteiger partial charge in [-0.25, -0.2) is 0 Å².